The predicted octanol–water partition coefficient (Wildman–Crippen LogP) is 2.77. The molecule has 174 valence electrons. The highest BCUT2D eigenvalue weighted by atomic mass is 16.5. The number of carbonyl (C=O) groups is 2. The largest absolute Gasteiger partial charge is 0.483 e. The quantitative estimate of drug-likeness (QED) is 0.598. The van der Waals surface area contributed by atoms with E-state index in [1.165, 1.54) is 0 Å². The summed E-state index contributed by atoms with van der Waals surface area (Å²) < 4.78 is 13.0. The number of benzene rings is 2. The molecule has 0 aliphatic carbocycles. The minimum absolute atomic E-state index is 0.0134. The molecule has 1 aromatic heterocycles. The first-order valence-corrected chi connectivity index (χ1v) is 11.2. The minimum atomic E-state index is -0.399. The number of para-hydroxylation sites is 2. The predicted molar refractivity (Wildman–Crippen MR) is 125 cm³/mol. The van der Waals surface area contributed by atoms with Crippen molar-refractivity contribution >= 4 is 22.8 Å². The van der Waals surface area contributed by atoms with E-state index in [0.29, 0.717) is 37.9 Å². The third-order valence-electron chi connectivity index (χ3n) is 5.81. The summed E-state index contributed by atoms with van der Waals surface area (Å²) in [6.45, 7) is 8.14. The van der Waals surface area contributed by atoms with Crippen LogP contribution < -0.4 is 10.1 Å². The van der Waals surface area contributed by atoms with Gasteiger partial charge in [-0.05, 0) is 50.1 Å². The Morgan fingerprint density at radius 3 is 2.70 bits per heavy atom. The van der Waals surface area contributed by atoms with Crippen LogP contribution in [-0.2, 0) is 20.9 Å². The van der Waals surface area contributed by atoms with Crippen LogP contribution in [0.1, 0.15) is 29.9 Å². The normalized spacial score (nSPS) is 14.8. The zero-order valence-corrected chi connectivity index (χ0v) is 19.3. The highest BCUT2D eigenvalue weighted by Gasteiger charge is 2.23. The molecule has 33 heavy (non-hydrogen) atoms. The molecule has 2 heterocycles. The molecule has 1 aliphatic rings. The Morgan fingerprint density at radius 2 is 1.91 bits per heavy atom. The van der Waals surface area contributed by atoms with Crippen LogP contribution in [0.5, 0.6) is 5.75 Å². The number of nitrogens with one attached hydrogen (secondary N) is 1. The number of hydrogen-bond acceptors (Lipinski definition) is 5. The molecular weight excluding hydrogens is 420 g/mol. The Balaban J connectivity index is 1.48. The Labute approximate surface area is 193 Å². The number of aryl methyl sites for hydroxylation is 2. The molecule has 4 rings (SSSR count). The standard InChI is InChI=1S/C25H30N4O4/c1-17-8-9-18(2)22(14-17)33-16-23(30)26-19(3)25-27-20-6-4-5-7-21(20)29(25)15-24(31)28-10-12-32-13-11-28/h4-9,14,19H,10-13,15-16H2,1-3H3,(H,26,30). The number of fused-ring (bicyclic) bond motifs is 1. The second kappa shape index (κ2) is 10.0. The Bertz CT molecular complexity index is 1150. The molecule has 1 atom stereocenters. The number of carbonyl (C=O) groups excluding carboxylic acids is 2. The number of morpholine rings is 1. The smallest absolute Gasteiger partial charge is 0.258 e. The van der Waals surface area contributed by atoms with E-state index in [9.17, 15) is 9.59 Å². The summed E-state index contributed by atoms with van der Waals surface area (Å²) in [5.41, 5.74) is 3.70. The van der Waals surface area contributed by atoms with Crippen LogP contribution >= 0.6 is 0 Å². The fourth-order valence-electron chi connectivity index (χ4n) is 3.99. The van der Waals surface area contributed by atoms with Crippen LogP contribution in [0, 0.1) is 13.8 Å². The zero-order valence-electron chi connectivity index (χ0n) is 19.3. The summed E-state index contributed by atoms with van der Waals surface area (Å²) >= 11 is 0. The molecule has 2 aromatic carbocycles. The monoisotopic (exact) mass is 450 g/mol. The van der Waals surface area contributed by atoms with E-state index >= 15 is 0 Å². The molecule has 1 fully saturated rings. The van der Waals surface area contributed by atoms with Crippen molar-refractivity contribution < 1.29 is 19.1 Å². The first-order chi connectivity index (χ1) is 15.9. The third-order valence-corrected chi connectivity index (χ3v) is 5.81. The van der Waals surface area contributed by atoms with Crippen molar-refractivity contribution in [1.29, 1.82) is 0 Å². The Morgan fingerprint density at radius 1 is 1.15 bits per heavy atom. The topological polar surface area (TPSA) is 85.7 Å². The molecule has 8 heteroatoms. The fourth-order valence-corrected chi connectivity index (χ4v) is 3.99. The lowest BCUT2D eigenvalue weighted by atomic mass is 10.1. The molecule has 0 bridgehead atoms. The lowest BCUT2D eigenvalue weighted by molar-refractivity contribution is -0.135. The van der Waals surface area contributed by atoms with Gasteiger partial charge in [0.2, 0.25) is 5.91 Å². The first-order valence-electron chi connectivity index (χ1n) is 11.2. The molecule has 3 aromatic rings. The van der Waals surface area contributed by atoms with E-state index in [4.69, 9.17) is 14.5 Å². The maximum Gasteiger partial charge on any atom is 0.258 e. The van der Waals surface area contributed by atoms with E-state index in [0.717, 1.165) is 22.2 Å². The van der Waals surface area contributed by atoms with Gasteiger partial charge in [0.25, 0.3) is 5.91 Å². The van der Waals surface area contributed by atoms with Gasteiger partial charge in [0, 0.05) is 13.1 Å². The molecule has 1 unspecified atom stereocenters. The number of rotatable bonds is 7. The summed E-state index contributed by atoms with van der Waals surface area (Å²) in [6.07, 6.45) is 0. The molecular formula is C25H30N4O4. The maximum atomic E-state index is 12.9. The van der Waals surface area contributed by atoms with Crippen molar-refractivity contribution in [1.82, 2.24) is 19.8 Å². The molecule has 0 spiro atoms. The zero-order chi connectivity index (χ0) is 23.4. The fraction of sp³-hybridized carbons (Fsp3) is 0.400. The van der Waals surface area contributed by atoms with Crippen LogP contribution in [0.4, 0.5) is 0 Å². The number of amides is 2. The van der Waals surface area contributed by atoms with Crippen molar-refractivity contribution in [2.24, 2.45) is 0 Å². The van der Waals surface area contributed by atoms with Gasteiger partial charge in [-0.15, -0.1) is 0 Å². The molecule has 1 aliphatic heterocycles. The Kier molecular flexibility index (Phi) is 6.93. The first kappa shape index (κ1) is 22.8. The number of imidazole rings is 1. The second-order valence-electron chi connectivity index (χ2n) is 8.38. The molecule has 0 radical (unpaired) electrons. The van der Waals surface area contributed by atoms with Gasteiger partial charge in [0.1, 0.15) is 18.1 Å². The van der Waals surface area contributed by atoms with E-state index in [2.05, 4.69) is 5.32 Å². The van der Waals surface area contributed by atoms with Gasteiger partial charge in [-0.2, -0.15) is 0 Å². The lowest BCUT2D eigenvalue weighted by Crippen LogP contribution is -2.42. The lowest BCUT2D eigenvalue weighted by Gasteiger charge is -2.27. The van der Waals surface area contributed by atoms with Gasteiger partial charge in [-0.3, -0.25) is 9.59 Å². The van der Waals surface area contributed by atoms with Gasteiger partial charge in [0.15, 0.2) is 6.61 Å². The van der Waals surface area contributed by atoms with Gasteiger partial charge in [-0.1, -0.05) is 24.3 Å². The molecule has 8 nitrogen and oxygen atoms in total. The van der Waals surface area contributed by atoms with Crippen LogP contribution in [0.3, 0.4) is 0 Å². The summed E-state index contributed by atoms with van der Waals surface area (Å²) in [4.78, 5) is 32.1. The van der Waals surface area contributed by atoms with E-state index in [-0.39, 0.29) is 25.0 Å². The minimum Gasteiger partial charge on any atom is -0.483 e. The van der Waals surface area contributed by atoms with Gasteiger partial charge < -0.3 is 24.3 Å². The second-order valence-corrected chi connectivity index (χ2v) is 8.38. The van der Waals surface area contributed by atoms with Gasteiger partial charge >= 0.3 is 0 Å². The van der Waals surface area contributed by atoms with E-state index in [1.807, 2.05) is 72.7 Å². The van der Waals surface area contributed by atoms with Crippen molar-refractivity contribution in [2.75, 3.05) is 32.9 Å². The summed E-state index contributed by atoms with van der Waals surface area (Å²) in [7, 11) is 0. The SMILES string of the molecule is Cc1ccc(C)c(OCC(=O)NC(C)c2nc3ccccc3n2CC(=O)N2CCOCC2)c1. The van der Waals surface area contributed by atoms with Crippen LogP contribution in [0.15, 0.2) is 42.5 Å². The highest BCUT2D eigenvalue weighted by Crippen LogP contribution is 2.22. The molecule has 0 saturated carbocycles. The van der Waals surface area contributed by atoms with Crippen LogP contribution in [0.2, 0.25) is 0 Å². The average molecular weight is 451 g/mol. The van der Waals surface area contributed by atoms with Gasteiger partial charge in [-0.25, -0.2) is 4.98 Å². The third kappa shape index (κ3) is 5.34. The molecule has 1 N–H and O–H groups in total. The van der Waals surface area contributed by atoms with Crippen molar-refractivity contribution in [2.45, 2.75) is 33.4 Å². The summed E-state index contributed by atoms with van der Waals surface area (Å²) in [5.74, 6) is 1.10. The van der Waals surface area contributed by atoms with Crippen LogP contribution in [-0.4, -0.2) is 59.2 Å². The summed E-state index contributed by atoms with van der Waals surface area (Å²) in [5, 5.41) is 2.96. The van der Waals surface area contributed by atoms with E-state index in [1.54, 1.807) is 0 Å². The average Bonchev–Trinajstić information content (AvgIpc) is 3.18. The molecule has 2 amide bonds. The van der Waals surface area contributed by atoms with Crippen molar-refractivity contribution in [3.8, 4) is 5.75 Å². The van der Waals surface area contributed by atoms with Crippen LogP contribution in [0.25, 0.3) is 11.0 Å². The van der Waals surface area contributed by atoms with Crippen molar-refractivity contribution in [3.05, 3.63) is 59.4 Å². The van der Waals surface area contributed by atoms with Crippen molar-refractivity contribution in [3.63, 3.8) is 0 Å². The maximum absolute atomic E-state index is 12.9. The number of hydrogen-bond donors (Lipinski definition) is 1. The molecule has 1 saturated heterocycles. The van der Waals surface area contributed by atoms with Gasteiger partial charge in [0.05, 0.1) is 30.3 Å². The summed E-state index contributed by atoms with van der Waals surface area (Å²) in [6, 6.07) is 13.2. The number of ether oxygens (including phenoxy) is 2. The van der Waals surface area contributed by atoms with E-state index < -0.39 is 6.04 Å². The number of nitrogens with zero attached hydrogens (tertiary/aromatic N) is 3. The Hall–Kier alpha value is -3.39. The highest BCUT2D eigenvalue weighted by molar-refractivity contribution is 5.82. The number of aromatic nitrogens is 2.